The zero-order chi connectivity index (χ0) is 12.8. The molecule has 17 heavy (non-hydrogen) atoms. The maximum atomic E-state index is 10.9. The summed E-state index contributed by atoms with van der Waals surface area (Å²) in [6.07, 6.45) is 4.02. The van der Waals surface area contributed by atoms with Crippen LogP contribution in [0.2, 0.25) is 0 Å². The van der Waals surface area contributed by atoms with E-state index in [4.69, 9.17) is 5.11 Å². The number of hydrogen-bond acceptors (Lipinski definition) is 5. The lowest BCUT2D eigenvalue weighted by molar-refractivity contribution is -0.384. The Bertz CT molecular complexity index is 400. The topological polar surface area (TPSA) is 88.3 Å². The van der Waals surface area contributed by atoms with Gasteiger partial charge in [-0.2, -0.15) is 0 Å². The SMILES string of the molecule is CCC(CCO)Nc1c(Br)cncc1[N+](=O)[O-]. The number of anilines is 1. The molecule has 1 heterocycles. The number of halogens is 1. The molecule has 0 saturated carbocycles. The summed E-state index contributed by atoms with van der Waals surface area (Å²) in [7, 11) is 0. The van der Waals surface area contributed by atoms with Gasteiger partial charge < -0.3 is 10.4 Å². The average molecular weight is 304 g/mol. The summed E-state index contributed by atoms with van der Waals surface area (Å²) < 4.78 is 0.545. The Morgan fingerprint density at radius 2 is 2.35 bits per heavy atom. The molecule has 1 aromatic heterocycles. The van der Waals surface area contributed by atoms with Crippen molar-refractivity contribution in [3.05, 3.63) is 27.0 Å². The standard InChI is InChI=1S/C10H14BrN3O3/c1-2-7(3-4-15)13-10-8(11)5-12-6-9(10)14(16)17/h5-7,15H,2-4H2,1H3,(H,12,13). The molecule has 0 aliphatic rings. The first-order valence-electron chi connectivity index (χ1n) is 5.25. The van der Waals surface area contributed by atoms with E-state index in [2.05, 4.69) is 26.2 Å². The Hall–Kier alpha value is -1.21. The number of nitrogens with one attached hydrogen (secondary N) is 1. The highest BCUT2D eigenvalue weighted by Crippen LogP contribution is 2.32. The minimum Gasteiger partial charge on any atom is -0.396 e. The fourth-order valence-electron chi connectivity index (χ4n) is 1.44. The predicted molar refractivity (Wildman–Crippen MR) is 68.0 cm³/mol. The van der Waals surface area contributed by atoms with Crippen LogP contribution in [0.15, 0.2) is 16.9 Å². The maximum Gasteiger partial charge on any atom is 0.311 e. The first-order chi connectivity index (χ1) is 8.10. The Morgan fingerprint density at radius 1 is 1.65 bits per heavy atom. The van der Waals surface area contributed by atoms with Gasteiger partial charge in [0.1, 0.15) is 11.9 Å². The second kappa shape index (κ2) is 6.51. The summed E-state index contributed by atoms with van der Waals surface area (Å²) in [5, 5.41) is 22.8. The normalized spacial score (nSPS) is 12.2. The van der Waals surface area contributed by atoms with Gasteiger partial charge in [0.2, 0.25) is 0 Å². The van der Waals surface area contributed by atoms with Crippen LogP contribution in [0, 0.1) is 10.1 Å². The molecule has 0 fully saturated rings. The summed E-state index contributed by atoms with van der Waals surface area (Å²) in [5.41, 5.74) is 0.334. The van der Waals surface area contributed by atoms with Gasteiger partial charge in [-0.1, -0.05) is 6.92 Å². The third-order valence-corrected chi connectivity index (χ3v) is 3.00. The lowest BCUT2D eigenvalue weighted by atomic mass is 10.1. The van der Waals surface area contributed by atoms with E-state index in [9.17, 15) is 10.1 Å². The van der Waals surface area contributed by atoms with Crippen molar-refractivity contribution in [3.8, 4) is 0 Å². The first-order valence-corrected chi connectivity index (χ1v) is 6.04. The zero-order valence-electron chi connectivity index (χ0n) is 9.39. The predicted octanol–water partition coefficient (Wildman–Crippen LogP) is 2.33. The van der Waals surface area contributed by atoms with E-state index in [-0.39, 0.29) is 18.3 Å². The molecule has 0 aliphatic heterocycles. The fourth-order valence-corrected chi connectivity index (χ4v) is 1.88. The van der Waals surface area contributed by atoms with Crippen LogP contribution in [-0.4, -0.2) is 27.7 Å². The van der Waals surface area contributed by atoms with Crippen molar-refractivity contribution in [1.82, 2.24) is 4.98 Å². The molecule has 2 N–H and O–H groups in total. The molecule has 1 atom stereocenters. The molecular formula is C10H14BrN3O3. The van der Waals surface area contributed by atoms with Crippen LogP contribution >= 0.6 is 15.9 Å². The monoisotopic (exact) mass is 303 g/mol. The van der Waals surface area contributed by atoms with Crippen molar-refractivity contribution >= 4 is 27.3 Å². The Kier molecular flexibility index (Phi) is 5.30. The van der Waals surface area contributed by atoms with Crippen LogP contribution < -0.4 is 5.32 Å². The summed E-state index contributed by atoms with van der Waals surface area (Å²) in [6.45, 7) is 2.00. The maximum absolute atomic E-state index is 10.9. The number of hydrogen-bond donors (Lipinski definition) is 2. The highest BCUT2D eigenvalue weighted by Gasteiger charge is 2.19. The van der Waals surface area contributed by atoms with Crippen LogP contribution in [0.1, 0.15) is 19.8 Å². The van der Waals surface area contributed by atoms with Crippen molar-refractivity contribution < 1.29 is 10.0 Å². The van der Waals surface area contributed by atoms with E-state index < -0.39 is 4.92 Å². The van der Waals surface area contributed by atoms with Crippen LogP contribution in [0.5, 0.6) is 0 Å². The molecule has 0 aromatic carbocycles. The number of nitrogens with zero attached hydrogens (tertiary/aromatic N) is 2. The van der Waals surface area contributed by atoms with Crippen LogP contribution in [-0.2, 0) is 0 Å². The van der Waals surface area contributed by atoms with Crippen LogP contribution in [0.4, 0.5) is 11.4 Å². The van der Waals surface area contributed by atoms with Gasteiger partial charge in [-0.15, -0.1) is 0 Å². The smallest absolute Gasteiger partial charge is 0.311 e. The minimum absolute atomic E-state index is 0.00241. The molecular weight excluding hydrogens is 290 g/mol. The van der Waals surface area contributed by atoms with Crippen LogP contribution in [0.25, 0.3) is 0 Å². The fraction of sp³-hybridized carbons (Fsp3) is 0.500. The van der Waals surface area contributed by atoms with E-state index in [0.717, 1.165) is 6.42 Å². The second-order valence-corrected chi connectivity index (χ2v) is 4.39. The Morgan fingerprint density at radius 3 is 2.88 bits per heavy atom. The van der Waals surface area contributed by atoms with E-state index in [1.807, 2.05) is 6.92 Å². The Labute approximate surface area is 107 Å². The highest BCUT2D eigenvalue weighted by atomic mass is 79.9. The lowest BCUT2D eigenvalue weighted by Crippen LogP contribution is -2.20. The van der Waals surface area contributed by atoms with Gasteiger partial charge in [-0.05, 0) is 28.8 Å². The van der Waals surface area contributed by atoms with Gasteiger partial charge in [-0.25, -0.2) is 0 Å². The third kappa shape index (κ3) is 3.64. The molecule has 94 valence electrons. The van der Waals surface area contributed by atoms with Gasteiger partial charge in [0.25, 0.3) is 0 Å². The molecule has 7 heteroatoms. The molecule has 0 amide bonds. The molecule has 0 aliphatic carbocycles. The highest BCUT2D eigenvalue weighted by molar-refractivity contribution is 9.10. The van der Waals surface area contributed by atoms with Gasteiger partial charge in [0.15, 0.2) is 0 Å². The van der Waals surface area contributed by atoms with E-state index in [1.165, 1.54) is 12.4 Å². The molecule has 0 saturated heterocycles. The average Bonchev–Trinajstić information content (AvgIpc) is 2.30. The van der Waals surface area contributed by atoms with Gasteiger partial charge >= 0.3 is 5.69 Å². The summed E-state index contributed by atoms with van der Waals surface area (Å²) >= 11 is 3.23. The molecule has 1 aromatic rings. The van der Waals surface area contributed by atoms with Crippen molar-refractivity contribution in [3.63, 3.8) is 0 Å². The molecule has 1 rings (SSSR count). The number of nitro groups is 1. The van der Waals surface area contributed by atoms with Gasteiger partial charge in [0.05, 0.1) is 9.40 Å². The summed E-state index contributed by atoms with van der Waals surface area (Å²) in [6, 6.07) is -0.00241. The lowest BCUT2D eigenvalue weighted by Gasteiger charge is -2.17. The number of aromatic nitrogens is 1. The van der Waals surface area contributed by atoms with Gasteiger partial charge in [-0.3, -0.25) is 15.1 Å². The van der Waals surface area contributed by atoms with Crippen molar-refractivity contribution in [2.75, 3.05) is 11.9 Å². The van der Waals surface area contributed by atoms with Gasteiger partial charge in [0, 0.05) is 18.8 Å². The number of aliphatic hydroxyl groups is 1. The molecule has 0 radical (unpaired) electrons. The number of rotatable bonds is 6. The zero-order valence-corrected chi connectivity index (χ0v) is 11.0. The molecule has 0 spiro atoms. The molecule has 0 bridgehead atoms. The van der Waals surface area contributed by atoms with E-state index >= 15 is 0 Å². The van der Waals surface area contributed by atoms with Crippen molar-refractivity contribution in [2.45, 2.75) is 25.8 Å². The first kappa shape index (κ1) is 13.9. The largest absolute Gasteiger partial charge is 0.396 e. The summed E-state index contributed by atoms with van der Waals surface area (Å²) in [5.74, 6) is 0. The second-order valence-electron chi connectivity index (χ2n) is 3.53. The van der Waals surface area contributed by atoms with Crippen LogP contribution in [0.3, 0.4) is 0 Å². The third-order valence-electron chi connectivity index (χ3n) is 2.40. The number of aliphatic hydroxyl groups excluding tert-OH is 1. The number of pyridine rings is 1. The molecule has 1 unspecified atom stereocenters. The van der Waals surface area contributed by atoms with Crippen molar-refractivity contribution in [2.24, 2.45) is 0 Å². The minimum atomic E-state index is -0.480. The van der Waals surface area contributed by atoms with E-state index in [0.29, 0.717) is 16.6 Å². The summed E-state index contributed by atoms with van der Waals surface area (Å²) in [4.78, 5) is 14.1. The Balaban J connectivity index is 2.99. The van der Waals surface area contributed by atoms with E-state index in [1.54, 1.807) is 0 Å². The van der Waals surface area contributed by atoms with Crippen molar-refractivity contribution in [1.29, 1.82) is 0 Å². The quantitative estimate of drug-likeness (QED) is 0.622. The molecule has 6 nitrogen and oxygen atoms in total.